The summed E-state index contributed by atoms with van der Waals surface area (Å²) in [6.45, 7) is 0. The number of aromatic nitrogens is 1. The fourth-order valence-electron chi connectivity index (χ4n) is 1.99. The molecule has 1 aromatic rings. The standard InChI is InChI=1S/C11H12FNO2/c1-15-11-10(12)8(5-6-13-11)7-3-2-4-9(7)14/h5-7H,2-4H2,1H3. The largest absolute Gasteiger partial charge is 0.479 e. The monoisotopic (exact) mass is 209 g/mol. The van der Waals surface area contributed by atoms with Gasteiger partial charge in [0.2, 0.25) is 5.88 Å². The maximum atomic E-state index is 13.8. The third-order valence-corrected chi connectivity index (χ3v) is 2.76. The molecule has 15 heavy (non-hydrogen) atoms. The molecule has 1 unspecified atom stereocenters. The molecule has 0 N–H and O–H groups in total. The minimum Gasteiger partial charge on any atom is -0.479 e. The molecule has 1 aromatic heterocycles. The zero-order valence-electron chi connectivity index (χ0n) is 8.50. The average Bonchev–Trinajstić information content (AvgIpc) is 2.65. The number of ketones is 1. The second kappa shape index (κ2) is 3.96. The molecule has 1 heterocycles. The van der Waals surface area contributed by atoms with Gasteiger partial charge in [0.25, 0.3) is 0 Å². The first kappa shape index (κ1) is 10.1. The van der Waals surface area contributed by atoms with E-state index in [2.05, 4.69) is 4.98 Å². The second-order valence-electron chi connectivity index (χ2n) is 3.63. The molecule has 80 valence electrons. The molecule has 0 radical (unpaired) electrons. The van der Waals surface area contributed by atoms with Crippen LogP contribution in [0.3, 0.4) is 0 Å². The lowest BCUT2D eigenvalue weighted by molar-refractivity contribution is -0.118. The normalized spacial score (nSPS) is 20.7. The van der Waals surface area contributed by atoms with Crippen LogP contribution in [0.2, 0.25) is 0 Å². The number of halogens is 1. The zero-order chi connectivity index (χ0) is 10.8. The molecule has 3 nitrogen and oxygen atoms in total. The minimum atomic E-state index is -0.500. The van der Waals surface area contributed by atoms with E-state index in [9.17, 15) is 9.18 Å². The van der Waals surface area contributed by atoms with Crippen LogP contribution in [0.4, 0.5) is 4.39 Å². The zero-order valence-corrected chi connectivity index (χ0v) is 8.50. The number of carbonyl (C=O) groups is 1. The van der Waals surface area contributed by atoms with Gasteiger partial charge in [-0.05, 0) is 18.9 Å². The number of nitrogens with zero attached hydrogens (tertiary/aromatic N) is 1. The Hall–Kier alpha value is -1.45. The molecular weight excluding hydrogens is 197 g/mol. The lowest BCUT2D eigenvalue weighted by Gasteiger charge is -2.10. The van der Waals surface area contributed by atoms with Crippen LogP contribution in [0.25, 0.3) is 0 Å². The lowest BCUT2D eigenvalue weighted by atomic mass is 9.97. The smallest absolute Gasteiger partial charge is 0.250 e. The van der Waals surface area contributed by atoms with Crippen molar-refractivity contribution in [2.45, 2.75) is 25.2 Å². The molecule has 2 rings (SSSR count). The van der Waals surface area contributed by atoms with Crippen molar-refractivity contribution in [3.63, 3.8) is 0 Å². The topological polar surface area (TPSA) is 39.2 Å². The van der Waals surface area contributed by atoms with Crippen LogP contribution >= 0.6 is 0 Å². The Morgan fingerprint density at radius 2 is 2.40 bits per heavy atom. The quantitative estimate of drug-likeness (QED) is 0.748. The third-order valence-electron chi connectivity index (χ3n) is 2.76. The number of ether oxygens (including phenoxy) is 1. The number of methoxy groups -OCH3 is 1. The van der Waals surface area contributed by atoms with E-state index in [1.807, 2.05) is 0 Å². The molecule has 1 fully saturated rings. The van der Waals surface area contributed by atoms with Crippen molar-refractivity contribution in [1.29, 1.82) is 0 Å². The van der Waals surface area contributed by atoms with E-state index < -0.39 is 5.82 Å². The van der Waals surface area contributed by atoms with E-state index >= 15 is 0 Å². The van der Waals surface area contributed by atoms with Crippen molar-refractivity contribution in [2.24, 2.45) is 0 Å². The van der Waals surface area contributed by atoms with Crippen molar-refractivity contribution in [3.05, 3.63) is 23.6 Å². The van der Waals surface area contributed by atoms with E-state index in [0.717, 1.165) is 12.8 Å². The summed E-state index contributed by atoms with van der Waals surface area (Å²) in [5.74, 6) is -0.725. The summed E-state index contributed by atoms with van der Waals surface area (Å²) < 4.78 is 18.5. The van der Waals surface area contributed by atoms with Crippen molar-refractivity contribution in [3.8, 4) is 5.88 Å². The van der Waals surface area contributed by atoms with Gasteiger partial charge < -0.3 is 4.74 Å². The molecule has 0 saturated heterocycles. The van der Waals surface area contributed by atoms with E-state index in [-0.39, 0.29) is 17.6 Å². The Balaban J connectivity index is 2.39. The fraction of sp³-hybridized carbons (Fsp3) is 0.455. The van der Waals surface area contributed by atoms with Gasteiger partial charge >= 0.3 is 0 Å². The first-order valence-corrected chi connectivity index (χ1v) is 4.95. The van der Waals surface area contributed by atoms with E-state index in [1.54, 1.807) is 6.07 Å². The number of carbonyl (C=O) groups excluding carboxylic acids is 1. The summed E-state index contributed by atoms with van der Waals surface area (Å²) in [6, 6.07) is 1.56. The summed E-state index contributed by atoms with van der Waals surface area (Å²) in [4.78, 5) is 15.2. The van der Waals surface area contributed by atoms with Crippen LogP contribution in [0, 0.1) is 5.82 Å². The second-order valence-corrected chi connectivity index (χ2v) is 3.63. The number of pyridine rings is 1. The Kier molecular flexibility index (Phi) is 2.66. The number of Topliss-reactive ketones (excluding diaryl/α,β-unsaturated/α-hetero) is 1. The molecule has 0 spiro atoms. The van der Waals surface area contributed by atoms with Crippen molar-refractivity contribution >= 4 is 5.78 Å². The predicted molar refractivity (Wildman–Crippen MR) is 52.3 cm³/mol. The van der Waals surface area contributed by atoms with Gasteiger partial charge in [0.1, 0.15) is 5.78 Å². The van der Waals surface area contributed by atoms with E-state index in [4.69, 9.17) is 4.74 Å². The molecule has 1 aliphatic rings. The highest BCUT2D eigenvalue weighted by atomic mass is 19.1. The summed E-state index contributed by atoms with van der Waals surface area (Å²) >= 11 is 0. The van der Waals surface area contributed by atoms with Gasteiger partial charge in [-0.1, -0.05) is 0 Å². The first-order chi connectivity index (χ1) is 7.24. The van der Waals surface area contributed by atoms with Gasteiger partial charge in [-0.3, -0.25) is 4.79 Å². The summed E-state index contributed by atoms with van der Waals surface area (Å²) in [6.07, 6.45) is 3.59. The van der Waals surface area contributed by atoms with Crippen molar-refractivity contribution < 1.29 is 13.9 Å². The summed E-state index contributed by atoms with van der Waals surface area (Å²) in [7, 11) is 1.37. The maximum absolute atomic E-state index is 13.8. The highest BCUT2D eigenvalue weighted by Crippen LogP contribution is 2.34. The minimum absolute atomic E-state index is 0.0350. The first-order valence-electron chi connectivity index (χ1n) is 4.95. The van der Waals surface area contributed by atoms with Crippen molar-refractivity contribution in [1.82, 2.24) is 4.98 Å². The van der Waals surface area contributed by atoms with Gasteiger partial charge in [0.15, 0.2) is 5.82 Å². The van der Waals surface area contributed by atoms with Crippen molar-refractivity contribution in [2.75, 3.05) is 7.11 Å². The SMILES string of the molecule is COc1nccc(C2CCCC2=O)c1F. The van der Waals surface area contributed by atoms with Crippen LogP contribution in [0.15, 0.2) is 12.3 Å². The number of rotatable bonds is 2. The van der Waals surface area contributed by atoms with Gasteiger partial charge in [-0.15, -0.1) is 0 Å². The van der Waals surface area contributed by atoms with E-state index in [0.29, 0.717) is 12.0 Å². The lowest BCUT2D eigenvalue weighted by Crippen LogP contribution is -2.08. The van der Waals surface area contributed by atoms with Gasteiger partial charge in [-0.25, -0.2) is 9.37 Å². The molecule has 0 bridgehead atoms. The van der Waals surface area contributed by atoms with Crippen LogP contribution in [0.1, 0.15) is 30.7 Å². The molecule has 1 aliphatic carbocycles. The van der Waals surface area contributed by atoms with Crippen LogP contribution in [0.5, 0.6) is 5.88 Å². The Bertz CT molecular complexity index is 392. The van der Waals surface area contributed by atoms with E-state index in [1.165, 1.54) is 13.3 Å². The van der Waals surface area contributed by atoms with Gasteiger partial charge in [0.05, 0.1) is 7.11 Å². The van der Waals surface area contributed by atoms with Gasteiger partial charge in [0, 0.05) is 24.1 Å². The Labute approximate surface area is 87.3 Å². The molecule has 0 aromatic carbocycles. The fourth-order valence-corrected chi connectivity index (χ4v) is 1.99. The average molecular weight is 209 g/mol. The summed E-state index contributed by atoms with van der Waals surface area (Å²) in [5.41, 5.74) is 0.421. The number of hydrogen-bond acceptors (Lipinski definition) is 3. The van der Waals surface area contributed by atoms with Crippen LogP contribution in [-0.2, 0) is 4.79 Å². The molecule has 0 aliphatic heterocycles. The molecule has 4 heteroatoms. The van der Waals surface area contributed by atoms with Gasteiger partial charge in [-0.2, -0.15) is 0 Å². The van der Waals surface area contributed by atoms with Crippen LogP contribution in [-0.4, -0.2) is 17.9 Å². The third kappa shape index (κ3) is 1.71. The number of hydrogen-bond donors (Lipinski definition) is 0. The Morgan fingerprint density at radius 3 is 3.00 bits per heavy atom. The Morgan fingerprint density at radius 1 is 1.60 bits per heavy atom. The molecular formula is C11H12FNO2. The maximum Gasteiger partial charge on any atom is 0.250 e. The molecule has 1 atom stereocenters. The van der Waals surface area contributed by atoms with Crippen LogP contribution < -0.4 is 4.74 Å². The summed E-state index contributed by atoms with van der Waals surface area (Å²) in [5, 5.41) is 0. The molecule has 1 saturated carbocycles. The highest BCUT2D eigenvalue weighted by molar-refractivity contribution is 5.87. The predicted octanol–water partition coefficient (Wildman–Crippen LogP) is 2.07. The molecule has 0 amide bonds. The highest BCUT2D eigenvalue weighted by Gasteiger charge is 2.29.